The summed E-state index contributed by atoms with van der Waals surface area (Å²) in [6.45, 7) is 10.6. The molecule has 0 saturated heterocycles. The Morgan fingerprint density at radius 2 is 1.50 bits per heavy atom. The van der Waals surface area contributed by atoms with E-state index in [2.05, 4.69) is 26.8 Å². The maximum atomic E-state index is 11.8. The third-order valence-corrected chi connectivity index (χ3v) is 4.60. The van der Waals surface area contributed by atoms with Crippen LogP contribution in [-0.4, -0.2) is 24.6 Å². The number of carbonyl (C=O) groups is 2. The van der Waals surface area contributed by atoms with Crippen molar-refractivity contribution >= 4 is 11.9 Å². The summed E-state index contributed by atoms with van der Waals surface area (Å²) in [5, 5.41) is 0. The number of hydrogen-bond donors (Lipinski definition) is 0. The van der Waals surface area contributed by atoms with Gasteiger partial charge in [-0.05, 0) is 59.5 Å². The maximum absolute atomic E-state index is 11.8. The Morgan fingerprint density at radius 3 is 2.18 bits per heavy atom. The summed E-state index contributed by atoms with van der Waals surface area (Å²) < 4.78 is 10.5. The van der Waals surface area contributed by atoms with E-state index in [1.54, 1.807) is 0 Å². The lowest BCUT2D eigenvalue weighted by molar-refractivity contribution is -0.152. The number of ether oxygens (including phenoxy) is 2. The van der Waals surface area contributed by atoms with E-state index in [0.29, 0.717) is 0 Å². The summed E-state index contributed by atoms with van der Waals surface area (Å²) in [5.41, 5.74) is 2.51. The Hall–Kier alpha value is -1.58. The minimum absolute atomic E-state index is 0.0766. The van der Waals surface area contributed by atoms with Crippen LogP contribution in [-0.2, 0) is 19.1 Å². The predicted octanol–water partition coefficient (Wildman–Crippen LogP) is 6.68. The highest BCUT2D eigenvalue weighted by Crippen LogP contribution is 2.11. The lowest BCUT2D eigenvalue weighted by Gasteiger charge is -2.13. The summed E-state index contributed by atoms with van der Waals surface area (Å²) in [6.07, 6.45) is 14.4. The first-order valence-corrected chi connectivity index (χ1v) is 11.0. The fourth-order valence-corrected chi connectivity index (χ4v) is 2.80. The summed E-state index contributed by atoms with van der Waals surface area (Å²) in [6, 6.07) is 0. The molecule has 0 radical (unpaired) electrons. The van der Waals surface area contributed by atoms with Crippen LogP contribution in [0.3, 0.4) is 0 Å². The third kappa shape index (κ3) is 17.8. The predicted molar refractivity (Wildman–Crippen MR) is 116 cm³/mol. The average Bonchev–Trinajstić information content (AvgIpc) is 2.62. The molecule has 0 amide bonds. The highest BCUT2D eigenvalue weighted by molar-refractivity contribution is 5.77. The van der Waals surface area contributed by atoms with Crippen molar-refractivity contribution in [3.63, 3.8) is 0 Å². The molecule has 0 aliphatic carbocycles. The Bertz CT molecular complexity index is 487. The molecule has 0 rings (SSSR count). The van der Waals surface area contributed by atoms with Gasteiger partial charge in [-0.2, -0.15) is 0 Å². The van der Waals surface area contributed by atoms with Crippen molar-refractivity contribution in [3.8, 4) is 0 Å². The first kappa shape index (κ1) is 26.4. The summed E-state index contributed by atoms with van der Waals surface area (Å²) in [5.74, 6) is -0.669. The van der Waals surface area contributed by atoms with Crippen molar-refractivity contribution in [1.29, 1.82) is 0 Å². The number of rotatable bonds is 16. The second-order valence-corrected chi connectivity index (χ2v) is 7.91. The quantitative estimate of drug-likeness (QED) is 0.166. The summed E-state index contributed by atoms with van der Waals surface area (Å²) in [7, 11) is 0. The molecule has 4 heteroatoms. The minimum atomic E-state index is -0.353. The number of allylic oxidation sites excluding steroid dienone is 3. The van der Waals surface area contributed by atoms with E-state index in [0.717, 1.165) is 25.7 Å². The zero-order chi connectivity index (χ0) is 21.2. The smallest absolute Gasteiger partial charge is 0.306 e. The maximum Gasteiger partial charge on any atom is 0.306 e. The van der Waals surface area contributed by atoms with Gasteiger partial charge < -0.3 is 9.47 Å². The monoisotopic (exact) mass is 394 g/mol. The van der Waals surface area contributed by atoms with Gasteiger partial charge >= 0.3 is 11.9 Å². The zero-order valence-corrected chi connectivity index (χ0v) is 18.9. The Kier molecular flexibility index (Phi) is 16.5. The van der Waals surface area contributed by atoms with E-state index in [1.165, 1.54) is 43.3 Å². The first-order valence-electron chi connectivity index (χ1n) is 11.0. The molecule has 4 nitrogen and oxygen atoms in total. The normalized spacial score (nSPS) is 12.4. The molecule has 0 fully saturated rings. The highest BCUT2D eigenvalue weighted by Gasteiger charge is 2.12. The number of esters is 2. The van der Waals surface area contributed by atoms with Gasteiger partial charge in [0.2, 0.25) is 0 Å². The summed E-state index contributed by atoms with van der Waals surface area (Å²) in [4.78, 5) is 23.6. The Morgan fingerprint density at radius 1 is 0.857 bits per heavy atom. The SMILES string of the molecule is CCCCCCCCC(C)OC(=O)CCC(=O)OC/C=C(/C)CCC=C(C)C. The van der Waals surface area contributed by atoms with Gasteiger partial charge in [0.05, 0.1) is 18.9 Å². The molecule has 0 aromatic heterocycles. The zero-order valence-electron chi connectivity index (χ0n) is 18.9. The molecule has 0 aliphatic heterocycles. The van der Waals surface area contributed by atoms with Gasteiger partial charge in [-0.25, -0.2) is 0 Å². The van der Waals surface area contributed by atoms with Crippen LogP contribution >= 0.6 is 0 Å². The Labute approximate surface area is 172 Å². The molecule has 28 heavy (non-hydrogen) atoms. The van der Waals surface area contributed by atoms with Crippen LogP contribution in [0.2, 0.25) is 0 Å². The second kappa shape index (κ2) is 17.5. The van der Waals surface area contributed by atoms with Crippen molar-refractivity contribution in [1.82, 2.24) is 0 Å². The molecule has 0 saturated carbocycles. The standard InChI is InChI=1S/C24H42O4/c1-6-7-8-9-10-11-15-22(5)28-24(26)17-16-23(25)27-19-18-21(4)14-12-13-20(2)3/h13,18,22H,6-12,14-17,19H2,1-5H3/b21-18-. The van der Waals surface area contributed by atoms with E-state index < -0.39 is 0 Å². The molecular weight excluding hydrogens is 352 g/mol. The highest BCUT2D eigenvalue weighted by atomic mass is 16.5. The molecule has 0 heterocycles. The van der Waals surface area contributed by atoms with E-state index >= 15 is 0 Å². The molecular formula is C24H42O4. The minimum Gasteiger partial charge on any atom is -0.463 e. The van der Waals surface area contributed by atoms with Crippen molar-refractivity contribution in [2.75, 3.05) is 6.61 Å². The van der Waals surface area contributed by atoms with Gasteiger partial charge in [0.1, 0.15) is 6.61 Å². The first-order chi connectivity index (χ1) is 13.3. The topological polar surface area (TPSA) is 52.6 Å². The van der Waals surface area contributed by atoms with E-state index in [4.69, 9.17) is 9.47 Å². The number of carbonyl (C=O) groups excluding carboxylic acids is 2. The second-order valence-electron chi connectivity index (χ2n) is 7.91. The molecule has 0 aliphatic rings. The fraction of sp³-hybridized carbons (Fsp3) is 0.750. The lowest BCUT2D eigenvalue weighted by atomic mass is 10.1. The van der Waals surface area contributed by atoms with Gasteiger partial charge in [-0.15, -0.1) is 0 Å². The van der Waals surface area contributed by atoms with Gasteiger partial charge in [0, 0.05) is 0 Å². The molecule has 162 valence electrons. The van der Waals surface area contributed by atoms with Crippen LogP contribution in [0.5, 0.6) is 0 Å². The van der Waals surface area contributed by atoms with Crippen LogP contribution in [0.4, 0.5) is 0 Å². The van der Waals surface area contributed by atoms with Crippen LogP contribution in [0.1, 0.15) is 105 Å². The van der Waals surface area contributed by atoms with Crippen molar-refractivity contribution in [2.24, 2.45) is 0 Å². The molecule has 0 aromatic carbocycles. The third-order valence-electron chi connectivity index (χ3n) is 4.60. The van der Waals surface area contributed by atoms with Gasteiger partial charge in [0.25, 0.3) is 0 Å². The van der Waals surface area contributed by atoms with E-state index in [1.807, 2.05) is 19.9 Å². The molecule has 0 N–H and O–H groups in total. The van der Waals surface area contributed by atoms with Crippen molar-refractivity contribution < 1.29 is 19.1 Å². The largest absolute Gasteiger partial charge is 0.463 e. The van der Waals surface area contributed by atoms with Gasteiger partial charge in [-0.1, -0.05) is 56.3 Å². The van der Waals surface area contributed by atoms with Gasteiger partial charge in [-0.3, -0.25) is 9.59 Å². The molecule has 1 unspecified atom stereocenters. The number of unbranched alkanes of at least 4 members (excludes halogenated alkanes) is 5. The lowest BCUT2D eigenvalue weighted by Crippen LogP contribution is -2.16. The fourth-order valence-electron chi connectivity index (χ4n) is 2.80. The molecule has 0 spiro atoms. The van der Waals surface area contributed by atoms with Crippen LogP contribution in [0.25, 0.3) is 0 Å². The van der Waals surface area contributed by atoms with E-state index in [-0.39, 0.29) is 37.5 Å². The van der Waals surface area contributed by atoms with Crippen LogP contribution in [0, 0.1) is 0 Å². The van der Waals surface area contributed by atoms with Crippen molar-refractivity contribution in [3.05, 3.63) is 23.3 Å². The van der Waals surface area contributed by atoms with Crippen molar-refractivity contribution in [2.45, 2.75) is 111 Å². The van der Waals surface area contributed by atoms with Gasteiger partial charge in [0.15, 0.2) is 0 Å². The molecule has 1 atom stereocenters. The van der Waals surface area contributed by atoms with E-state index in [9.17, 15) is 9.59 Å². The number of hydrogen-bond acceptors (Lipinski definition) is 4. The molecule has 0 aromatic rings. The van der Waals surface area contributed by atoms with Crippen LogP contribution in [0.15, 0.2) is 23.3 Å². The average molecular weight is 395 g/mol. The summed E-state index contributed by atoms with van der Waals surface area (Å²) >= 11 is 0. The Balaban J connectivity index is 3.79. The molecule has 0 bridgehead atoms. The van der Waals surface area contributed by atoms with Crippen LogP contribution < -0.4 is 0 Å².